The zero-order valence-electron chi connectivity index (χ0n) is 12.3. The van der Waals surface area contributed by atoms with Crippen molar-refractivity contribution in [2.45, 2.75) is 45.1 Å². The van der Waals surface area contributed by atoms with Crippen molar-refractivity contribution in [1.82, 2.24) is 0 Å². The van der Waals surface area contributed by atoms with E-state index in [0.29, 0.717) is 12.0 Å². The van der Waals surface area contributed by atoms with E-state index in [2.05, 4.69) is 62.4 Å². The van der Waals surface area contributed by atoms with Gasteiger partial charge in [0.2, 0.25) is 0 Å². The maximum absolute atomic E-state index is 6.26. The predicted molar refractivity (Wildman–Crippen MR) is 84.2 cm³/mol. The molecular formula is C19H22O. The zero-order chi connectivity index (χ0) is 13.9. The van der Waals surface area contributed by atoms with Gasteiger partial charge in [0.1, 0.15) is 5.75 Å². The van der Waals surface area contributed by atoms with E-state index >= 15 is 0 Å². The minimum absolute atomic E-state index is 0.315. The van der Waals surface area contributed by atoms with E-state index in [0.717, 1.165) is 25.0 Å². The number of rotatable bonds is 2. The van der Waals surface area contributed by atoms with E-state index in [1.54, 1.807) is 0 Å². The van der Waals surface area contributed by atoms with Crippen LogP contribution >= 0.6 is 0 Å². The maximum atomic E-state index is 6.26. The molecule has 1 aliphatic heterocycles. The summed E-state index contributed by atoms with van der Waals surface area (Å²) in [6.45, 7) is 4.36. The van der Waals surface area contributed by atoms with Gasteiger partial charge in [-0.3, -0.25) is 0 Å². The fraction of sp³-hybridized carbons (Fsp3) is 0.368. The molecule has 0 radical (unpaired) electrons. The SMILES string of the molecule is CCC1CCc2cccc(C3C=CC=CC(C)=C3)c2O1. The van der Waals surface area contributed by atoms with Gasteiger partial charge in [0, 0.05) is 11.5 Å². The summed E-state index contributed by atoms with van der Waals surface area (Å²) in [5.41, 5.74) is 3.98. The smallest absolute Gasteiger partial charge is 0.127 e. The van der Waals surface area contributed by atoms with Crippen LogP contribution in [-0.2, 0) is 6.42 Å². The highest BCUT2D eigenvalue weighted by Crippen LogP contribution is 2.38. The van der Waals surface area contributed by atoms with Crippen LogP contribution in [-0.4, -0.2) is 6.10 Å². The summed E-state index contributed by atoms with van der Waals surface area (Å²) in [6.07, 6.45) is 14.7. The minimum Gasteiger partial charge on any atom is -0.490 e. The van der Waals surface area contributed by atoms with Crippen molar-refractivity contribution in [1.29, 1.82) is 0 Å². The largest absolute Gasteiger partial charge is 0.490 e. The molecule has 0 fully saturated rings. The number of benzene rings is 1. The molecule has 1 heteroatoms. The zero-order valence-corrected chi connectivity index (χ0v) is 12.3. The summed E-state index contributed by atoms with van der Waals surface area (Å²) in [5, 5.41) is 0. The summed E-state index contributed by atoms with van der Waals surface area (Å²) in [6, 6.07) is 6.58. The van der Waals surface area contributed by atoms with Crippen LogP contribution in [0.4, 0.5) is 0 Å². The van der Waals surface area contributed by atoms with Crippen molar-refractivity contribution in [2.24, 2.45) is 0 Å². The highest BCUT2D eigenvalue weighted by atomic mass is 16.5. The molecule has 104 valence electrons. The molecule has 1 aromatic carbocycles. The molecule has 1 heterocycles. The Labute approximate surface area is 121 Å². The van der Waals surface area contributed by atoms with Crippen molar-refractivity contribution in [3.8, 4) is 5.75 Å². The monoisotopic (exact) mass is 266 g/mol. The van der Waals surface area contributed by atoms with E-state index in [-0.39, 0.29) is 0 Å². The van der Waals surface area contributed by atoms with Gasteiger partial charge in [0.15, 0.2) is 0 Å². The standard InChI is InChI=1S/C19H22O/c1-3-17-12-11-15-9-6-10-18(19(15)20-17)16-8-5-4-7-14(2)13-16/h4-10,13,16-17H,3,11-12H2,1-2H3. The van der Waals surface area contributed by atoms with Gasteiger partial charge in [0.05, 0.1) is 6.10 Å². The quantitative estimate of drug-likeness (QED) is 0.736. The van der Waals surface area contributed by atoms with E-state index in [4.69, 9.17) is 4.74 Å². The Morgan fingerprint density at radius 3 is 3.00 bits per heavy atom. The molecule has 0 saturated heterocycles. The van der Waals surface area contributed by atoms with Gasteiger partial charge in [-0.15, -0.1) is 0 Å². The first-order valence-corrected chi connectivity index (χ1v) is 7.59. The van der Waals surface area contributed by atoms with E-state index < -0.39 is 0 Å². The second kappa shape index (κ2) is 5.70. The molecule has 0 N–H and O–H groups in total. The average molecular weight is 266 g/mol. The average Bonchev–Trinajstić information content (AvgIpc) is 2.70. The molecule has 1 nitrogen and oxygen atoms in total. The molecule has 1 aromatic rings. The van der Waals surface area contributed by atoms with E-state index in [1.807, 2.05) is 0 Å². The third-order valence-electron chi connectivity index (χ3n) is 4.19. The topological polar surface area (TPSA) is 9.23 Å². The second-order valence-corrected chi connectivity index (χ2v) is 5.70. The summed E-state index contributed by atoms with van der Waals surface area (Å²) >= 11 is 0. The Hall–Kier alpha value is -1.76. The van der Waals surface area contributed by atoms with Crippen LogP contribution in [0.3, 0.4) is 0 Å². The van der Waals surface area contributed by atoms with Crippen molar-refractivity contribution >= 4 is 0 Å². The lowest BCUT2D eigenvalue weighted by Crippen LogP contribution is -2.22. The lowest BCUT2D eigenvalue weighted by molar-refractivity contribution is 0.167. The molecule has 2 aliphatic rings. The molecule has 0 spiro atoms. The number of allylic oxidation sites excluding steroid dienone is 6. The van der Waals surface area contributed by atoms with Crippen molar-refractivity contribution in [2.75, 3.05) is 0 Å². The van der Waals surface area contributed by atoms with Gasteiger partial charge in [-0.2, -0.15) is 0 Å². The van der Waals surface area contributed by atoms with Gasteiger partial charge in [-0.25, -0.2) is 0 Å². The molecule has 20 heavy (non-hydrogen) atoms. The van der Waals surface area contributed by atoms with Gasteiger partial charge < -0.3 is 4.74 Å². The van der Waals surface area contributed by atoms with Gasteiger partial charge in [-0.1, -0.05) is 61.1 Å². The van der Waals surface area contributed by atoms with Crippen LogP contribution in [0.5, 0.6) is 5.75 Å². The Bertz CT molecular complexity index is 577. The molecule has 0 amide bonds. The first-order chi connectivity index (χ1) is 9.78. The number of hydrogen-bond acceptors (Lipinski definition) is 1. The molecule has 0 bridgehead atoms. The predicted octanol–water partition coefficient (Wildman–Crippen LogP) is 4.95. The van der Waals surface area contributed by atoms with Crippen LogP contribution in [0, 0.1) is 0 Å². The molecule has 2 unspecified atom stereocenters. The van der Waals surface area contributed by atoms with Crippen molar-refractivity contribution in [3.63, 3.8) is 0 Å². The first-order valence-electron chi connectivity index (χ1n) is 7.59. The second-order valence-electron chi connectivity index (χ2n) is 5.70. The van der Waals surface area contributed by atoms with Crippen LogP contribution in [0.15, 0.2) is 54.2 Å². The van der Waals surface area contributed by atoms with Crippen LogP contribution in [0.25, 0.3) is 0 Å². The number of aryl methyl sites for hydroxylation is 1. The molecule has 1 aliphatic carbocycles. The van der Waals surface area contributed by atoms with Crippen LogP contribution in [0.2, 0.25) is 0 Å². The Kier molecular flexibility index (Phi) is 3.77. The normalized spacial score (nSPS) is 24.6. The Balaban J connectivity index is 2.00. The van der Waals surface area contributed by atoms with Crippen LogP contribution in [0.1, 0.15) is 43.7 Å². The number of para-hydroxylation sites is 1. The van der Waals surface area contributed by atoms with Crippen molar-refractivity contribution < 1.29 is 4.74 Å². The van der Waals surface area contributed by atoms with Gasteiger partial charge in [0.25, 0.3) is 0 Å². The Morgan fingerprint density at radius 1 is 1.25 bits per heavy atom. The molecular weight excluding hydrogens is 244 g/mol. The summed E-state index contributed by atoms with van der Waals surface area (Å²) in [5.74, 6) is 1.45. The lowest BCUT2D eigenvalue weighted by Gasteiger charge is -2.28. The first kappa shape index (κ1) is 13.2. The number of ether oxygens (including phenoxy) is 1. The fourth-order valence-electron chi connectivity index (χ4n) is 3.02. The molecule has 3 rings (SSSR count). The van der Waals surface area contributed by atoms with Gasteiger partial charge in [-0.05, 0) is 31.7 Å². The van der Waals surface area contributed by atoms with Crippen molar-refractivity contribution in [3.05, 3.63) is 65.3 Å². The fourth-order valence-corrected chi connectivity index (χ4v) is 3.02. The molecule has 0 aromatic heterocycles. The van der Waals surface area contributed by atoms with Crippen LogP contribution < -0.4 is 4.74 Å². The molecule has 2 atom stereocenters. The molecule has 0 saturated carbocycles. The summed E-state index contributed by atoms with van der Waals surface area (Å²) in [7, 11) is 0. The third kappa shape index (κ3) is 2.58. The number of fused-ring (bicyclic) bond motifs is 1. The minimum atomic E-state index is 0.315. The number of hydrogen-bond donors (Lipinski definition) is 0. The highest BCUT2D eigenvalue weighted by molar-refractivity contribution is 5.49. The van der Waals surface area contributed by atoms with Gasteiger partial charge >= 0.3 is 0 Å². The highest BCUT2D eigenvalue weighted by Gasteiger charge is 2.23. The maximum Gasteiger partial charge on any atom is 0.127 e. The Morgan fingerprint density at radius 2 is 2.15 bits per heavy atom. The lowest BCUT2D eigenvalue weighted by atomic mass is 9.91. The summed E-state index contributed by atoms with van der Waals surface area (Å²) in [4.78, 5) is 0. The van der Waals surface area contributed by atoms with E-state index in [9.17, 15) is 0 Å². The van der Waals surface area contributed by atoms with E-state index in [1.165, 1.54) is 16.7 Å². The summed E-state index contributed by atoms with van der Waals surface area (Å²) < 4.78 is 6.26. The third-order valence-corrected chi connectivity index (χ3v) is 4.19.